The molecule has 0 heterocycles. The molecule has 0 rings (SSSR count). The monoisotopic (exact) mass is 158 g/mol. The van der Waals surface area contributed by atoms with Gasteiger partial charge >= 0.3 is 58.2 Å². The molecule has 0 unspecified atom stereocenters. The Labute approximate surface area is 85.7 Å². The van der Waals surface area contributed by atoms with Gasteiger partial charge in [-0.25, -0.2) is 0 Å². The van der Waals surface area contributed by atoms with Gasteiger partial charge in [-0.3, -0.25) is 11.2 Å². The van der Waals surface area contributed by atoms with Crippen molar-refractivity contribution in [2.75, 3.05) is 0 Å². The van der Waals surface area contributed by atoms with Crippen molar-refractivity contribution in [3.8, 4) is 0 Å². The molecule has 0 spiro atoms. The van der Waals surface area contributed by atoms with Gasteiger partial charge in [-0.05, 0) is 0 Å². The van der Waals surface area contributed by atoms with Crippen LogP contribution in [-0.2, 0) is 4.79 Å². The third kappa shape index (κ3) is 8.94. The van der Waals surface area contributed by atoms with Gasteiger partial charge in [0.15, 0.2) is 5.97 Å². The molecular weight excluding hydrogens is 153 g/mol. The predicted molar refractivity (Wildman–Crippen MR) is 17.6 cm³/mol. The quantitative estimate of drug-likeness (QED) is 0.422. The van der Waals surface area contributed by atoms with Crippen LogP contribution < -0.4 is 58.2 Å². The van der Waals surface area contributed by atoms with Crippen molar-refractivity contribution < 1.29 is 68.1 Å². The first-order valence-corrected chi connectivity index (χ1v) is 1.29. The number of rotatable bonds is 1. The smallest absolute Gasteiger partial charge is 0.503 e. The van der Waals surface area contributed by atoms with Gasteiger partial charge < -0.3 is 5.11 Å². The minimum absolute atomic E-state index is 0. The number of hydrogen-bond donors (Lipinski definition) is 1. The fourth-order valence-electron chi connectivity index (χ4n) is 0. The van der Waals surface area contributed by atoms with Crippen LogP contribution in [0.4, 0.5) is 0 Å². The summed E-state index contributed by atoms with van der Waals surface area (Å²) < 4.78 is 0. The van der Waals surface area contributed by atoms with Crippen molar-refractivity contribution in [3.63, 3.8) is 0 Å². The SMILES string of the molecule is C[CH-]C(=O)O.[Rb+]. The Balaban J connectivity index is 0. The molecule has 0 aromatic rings. The Morgan fingerprint density at radius 2 is 2.00 bits per heavy atom. The van der Waals surface area contributed by atoms with Gasteiger partial charge in [0.25, 0.3) is 0 Å². The zero-order chi connectivity index (χ0) is 4.28. The average Bonchev–Trinajstić information content (AvgIpc) is 1.38. The van der Waals surface area contributed by atoms with Crippen LogP contribution in [0.1, 0.15) is 6.92 Å². The molecule has 0 bridgehead atoms. The summed E-state index contributed by atoms with van der Waals surface area (Å²) in [4.78, 5) is 9.31. The zero-order valence-electron chi connectivity index (χ0n) is 3.93. The van der Waals surface area contributed by atoms with Gasteiger partial charge in [0.2, 0.25) is 0 Å². The maximum absolute atomic E-state index is 9.31. The Hall–Kier alpha value is 1.15. The van der Waals surface area contributed by atoms with Crippen LogP contribution in [-0.4, -0.2) is 11.1 Å². The van der Waals surface area contributed by atoms with Crippen LogP contribution in [0.2, 0.25) is 0 Å². The van der Waals surface area contributed by atoms with Crippen LogP contribution in [0.5, 0.6) is 0 Å². The third-order valence-electron chi connectivity index (χ3n) is 0.247. The van der Waals surface area contributed by atoms with Gasteiger partial charge in [0, 0.05) is 0 Å². The summed E-state index contributed by atoms with van der Waals surface area (Å²) in [5.74, 6) is -0.870. The molecule has 0 fully saturated rings. The Morgan fingerprint density at radius 3 is 2.00 bits per heavy atom. The summed E-state index contributed by atoms with van der Waals surface area (Å²) in [5.41, 5.74) is 0. The molecule has 3 heteroatoms. The fraction of sp³-hybridized carbons (Fsp3) is 0.333. The van der Waals surface area contributed by atoms with Gasteiger partial charge in [-0.15, -0.1) is 0 Å². The Bertz CT molecular complexity index is 44.1. The van der Waals surface area contributed by atoms with Crippen LogP contribution >= 0.6 is 0 Å². The average molecular weight is 159 g/mol. The van der Waals surface area contributed by atoms with Crippen molar-refractivity contribution in [1.82, 2.24) is 0 Å². The van der Waals surface area contributed by atoms with Crippen LogP contribution in [0.3, 0.4) is 0 Å². The van der Waals surface area contributed by atoms with Crippen molar-refractivity contribution in [2.45, 2.75) is 6.92 Å². The fourth-order valence-corrected chi connectivity index (χ4v) is 0. The molecule has 0 aliphatic heterocycles. The maximum atomic E-state index is 9.31. The number of carboxylic acid groups (broad SMARTS) is 1. The topological polar surface area (TPSA) is 37.3 Å². The van der Waals surface area contributed by atoms with Gasteiger partial charge in [-0.1, -0.05) is 0 Å². The van der Waals surface area contributed by atoms with Gasteiger partial charge in [0.05, 0.1) is 0 Å². The number of carbonyl (C=O) groups is 1. The molecule has 6 heavy (non-hydrogen) atoms. The van der Waals surface area contributed by atoms with Gasteiger partial charge in [0.1, 0.15) is 0 Å². The Morgan fingerprint density at radius 1 is 1.83 bits per heavy atom. The molecule has 1 N–H and O–H groups in total. The summed E-state index contributed by atoms with van der Waals surface area (Å²) in [5, 5.41) is 7.67. The van der Waals surface area contributed by atoms with Crippen molar-refractivity contribution in [2.24, 2.45) is 0 Å². The second-order valence-corrected chi connectivity index (χ2v) is 0.627. The first-order valence-electron chi connectivity index (χ1n) is 1.29. The molecule has 0 aliphatic rings. The van der Waals surface area contributed by atoms with Gasteiger partial charge in [-0.2, -0.15) is 6.92 Å². The van der Waals surface area contributed by atoms with Crippen molar-refractivity contribution >= 4 is 5.97 Å². The molecule has 0 aromatic heterocycles. The van der Waals surface area contributed by atoms with E-state index in [0.29, 0.717) is 0 Å². The molecule has 0 aromatic carbocycles. The largest absolute Gasteiger partial charge is 1.00 e. The van der Waals surface area contributed by atoms with Crippen LogP contribution in [0.25, 0.3) is 0 Å². The van der Waals surface area contributed by atoms with E-state index in [4.69, 9.17) is 5.11 Å². The molecule has 0 atom stereocenters. The maximum Gasteiger partial charge on any atom is 1.00 e. The van der Waals surface area contributed by atoms with E-state index in [2.05, 4.69) is 0 Å². The molecule has 0 radical (unpaired) electrons. The van der Waals surface area contributed by atoms with E-state index < -0.39 is 5.97 Å². The molecule has 0 aliphatic carbocycles. The minimum atomic E-state index is -0.870. The summed E-state index contributed by atoms with van der Waals surface area (Å²) in [6.07, 6.45) is 1.08. The zero-order valence-corrected chi connectivity index (χ0v) is 8.85. The number of hydrogen-bond acceptors (Lipinski definition) is 1. The van der Waals surface area contributed by atoms with Crippen molar-refractivity contribution in [3.05, 3.63) is 6.42 Å². The van der Waals surface area contributed by atoms with Crippen LogP contribution in [0.15, 0.2) is 0 Å². The molecule has 0 saturated heterocycles. The summed E-state index contributed by atoms with van der Waals surface area (Å²) in [6, 6.07) is 0. The summed E-state index contributed by atoms with van der Waals surface area (Å²) in [7, 11) is 0. The molecule has 30 valence electrons. The molecule has 0 saturated carbocycles. The number of carboxylic acids is 1. The molecular formula is C3H5O2Rb. The first-order chi connectivity index (χ1) is 2.27. The third-order valence-corrected chi connectivity index (χ3v) is 0.247. The van der Waals surface area contributed by atoms with E-state index in [1.165, 1.54) is 6.92 Å². The first kappa shape index (κ1) is 10.2. The summed E-state index contributed by atoms with van der Waals surface area (Å²) >= 11 is 0. The number of aliphatic carboxylic acids is 1. The van der Waals surface area contributed by atoms with E-state index in [1.807, 2.05) is 0 Å². The van der Waals surface area contributed by atoms with Crippen molar-refractivity contribution in [1.29, 1.82) is 0 Å². The van der Waals surface area contributed by atoms with E-state index in [9.17, 15) is 4.79 Å². The second-order valence-electron chi connectivity index (χ2n) is 0.627. The minimum Gasteiger partial charge on any atom is -0.503 e. The molecule has 2 nitrogen and oxygen atoms in total. The summed E-state index contributed by atoms with van der Waals surface area (Å²) in [6.45, 7) is 1.47. The van der Waals surface area contributed by atoms with E-state index in [0.717, 1.165) is 6.42 Å². The standard InChI is InChI=1S/C3H5O2.Rb/c1-2-3(4)5;/h2H,1H3,(H,4,5);/q-1;+1. The second kappa shape index (κ2) is 6.15. The normalized spacial score (nSPS) is 5.50. The predicted octanol–water partition coefficient (Wildman–Crippen LogP) is -2.70. The van der Waals surface area contributed by atoms with E-state index in [-0.39, 0.29) is 58.2 Å². The van der Waals surface area contributed by atoms with E-state index in [1.54, 1.807) is 0 Å². The van der Waals surface area contributed by atoms with E-state index >= 15 is 0 Å². The Kier molecular flexibility index (Phi) is 10.4. The molecule has 0 amide bonds. The van der Waals surface area contributed by atoms with Crippen LogP contribution in [0, 0.1) is 6.42 Å².